The van der Waals surface area contributed by atoms with Gasteiger partial charge in [0.25, 0.3) is 0 Å². The highest BCUT2D eigenvalue weighted by Crippen LogP contribution is 2.20. The van der Waals surface area contributed by atoms with Crippen molar-refractivity contribution in [1.29, 1.82) is 0 Å². The van der Waals surface area contributed by atoms with E-state index in [4.69, 9.17) is 0 Å². The largest absolute Gasteiger partial charge is 0.469 e. The first kappa shape index (κ1) is 14.0. The minimum absolute atomic E-state index is 0.0953. The number of methoxy groups -OCH3 is 1. The fraction of sp³-hybridized carbons (Fsp3) is 0.118. The number of esters is 1. The van der Waals surface area contributed by atoms with E-state index in [0.29, 0.717) is 16.8 Å². The Morgan fingerprint density at radius 3 is 2.73 bits per heavy atom. The monoisotopic (exact) mass is 294 g/mol. The molecule has 0 radical (unpaired) electrons. The van der Waals surface area contributed by atoms with E-state index in [2.05, 4.69) is 14.7 Å². The molecule has 0 atom stereocenters. The predicted molar refractivity (Wildman–Crippen MR) is 81.7 cm³/mol. The molecule has 0 aliphatic carbocycles. The van der Waals surface area contributed by atoms with Crippen molar-refractivity contribution in [3.05, 3.63) is 65.6 Å². The number of fused-ring (bicyclic) bond motifs is 1. The van der Waals surface area contributed by atoms with Crippen LogP contribution in [-0.2, 0) is 16.0 Å². The van der Waals surface area contributed by atoms with Gasteiger partial charge in [0.05, 0.1) is 19.2 Å². The van der Waals surface area contributed by atoms with Crippen LogP contribution in [0.3, 0.4) is 0 Å². The maximum Gasteiger partial charge on any atom is 0.311 e. The Kier molecular flexibility index (Phi) is 3.70. The van der Waals surface area contributed by atoms with Crippen molar-refractivity contribution >= 4 is 22.7 Å². The molecule has 0 saturated carbocycles. The molecule has 2 aromatic heterocycles. The summed E-state index contributed by atoms with van der Waals surface area (Å²) in [5.41, 5.74) is 2.58. The number of H-pyrrole nitrogens is 1. The molecule has 3 rings (SSSR count). The van der Waals surface area contributed by atoms with Gasteiger partial charge in [0.2, 0.25) is 0 Å². The molecule has 22 heavy (non-hydrogen) atoms. The van der Waals surface area contributed by atoms with Gasteiger partial charge in [-0.2, -0.15) is 0 Å². The first-order valence-corrected chi connectivity index (χ1v) is 6.81. The van der Waals surface area contributed by atoms with E-state index in [9.17, 15) is 9.59 Å². The second kappa shape index (κ2) is 5.81. The maximum absolute atomic E-state index is 12.6. The molecule has 0 unspecified atom stereocenters. The predicted octanol–water partition coefficient (Wildman–Crippen LogP) is 2.51. The molecule has 0 aliphatic rings. The molecule has 1 N–H and O–H groups in total. The lowest BCUT2D eigenvalue weighted by atomic mass is 10.0. The van der Waals surface area contributed by atoms with E-state index >= 15 is 0 Å². The number of ether oxygens (including phenoxy) is 1. The van der Waals surface area contributed by atoms with Gasteiger partial charge in [-0.25, -0.2) is 0 Å². The summed E-state index contributed by atoms with van der Waals surface area (Å²) >= 11 is 0. The molecular weight excluding hydrogens is 280 g/mol. The molecular formula is C17H14N2O3. The maximum atomic E-state index is 12.6. The topological polar surface area (TPSA) is 72.1 Å². The molecule has 0 fully saturated rings. The molecule has 0 saturated heterocycles. The molecule has 110 valence electrons. The molecule has 0 aliphatic heterocycles. The van der Waals surface area contributed by atoms with Crippen LogP contribution in [0.15, 0.2) is 48.8 Å². The second-order valence-corrected chi connectivity index (χ2v) is 4.87. The van der Waals surface area contributed by atoms with Crippen LogP contribution >= 0.6 is 0 Å². The minimum atomic E-state index is -0.358. The van der Waals surface area contributed by atoms with Crippen LogP contribution < -0.4 is 0 Å². The molecule has 0 spiro atoms. The number of hydrogen-bond acceptors (Lipinski definition) is 4. The number of ketones is 1. The fourth-order valence-corrected chi connectivity index (χ4v) is 2.30. The van der Waals surface area contributed by atoms with Crippen LogP contribution in [-0.4, -0.2) is 28.8 Å². The van der Waals surface area contributed by atoms with Crippen molar-refractivity contribution in [3.63, 3.8) is 0 Å². The Hall–Kier alpha value is -2.95. The highest BCUT2D eigenvalue weighted by atomic mass is 16.5. The quantitative estimate of drug-likeness (QED) is 0.593. The summed E-state index contributed by atoms with van der Waals surface area (Å²) in [7, 11) is 1.33. The lowest BCUT2D eigenvalue weighted by molar-refractivity contribution is -0.139. The van der Waals surface area contributed by atoms with Crippen molar-refractivity contribution in [1.82, 2.24) is 9.97 Å². The fourth-order valence-electron chi connectivity index (χ4n) is 2.30. The SMILES string of the molecule is COC(=O)Cc1ccc(C(=O)c2c[nH]c3ccccc23)cn1. The Morgan fingerprint density at radius 1 is 1.18 bits per heavy atom. The third-order valence-corrected chi connectivity index (χ3v) is 3.47. The number of nitrogens with zero attached hydrogens (tertiary/aromatic N) is 1. The Bertz CT molecular complexity index is 834. The highest BCUT2D eigenvalue weighted by Gasteiger charge is 2.14. The zero-order chi connectivity index (χ0) is 15.5. The zero-order valence-corrected chi connectivity index (χ0v) is 12.0. The Balaban J connectivity index is 1.87. The van der Waals surface area contributed by atoms with Gasteiger partial charge in [-0.3, -0.25) is 14.6 Å². The number of aromatic nitrogens is 2. The molecule has 0 amide bonds. The van der Waals surface area contributed by atoms with Crippen molar-refractivity contribution < 1.29 is 14.3 Å². The van der Waals surface area contributed by atoms with E-state index in [0.717, 1.165) is 10.9 Å². The van der Waals surface area contributed by atoms with Gasteiger partial charge in [-0.15, -0.1) is 0 Å². The Morgan fingerprint density at radius 2 is 2.00 bits per heavy atom. The minimum Gasteiger partial charge on any atom is -0.469 e. The third-order valence-electron chi connectivity index (χ3n) is 3.47. The first-order chi connectivity index (χ1) is 10.7. The number of aromatic amines is 1. The lowest BCUT2D eigenvalue weighted by Crippen LogP contribution is -2.07. The van der Waals surface area contributed by atoms with E-state index < -0.39 is 0 Å². The van der Waals surface area contributed by atoms with Crippen LogP contribution in [0.4, 0.5) is 0 Å². The van der Waals surface area contributed by atoms with E-state index in [1.165, 1.54) is 13.3 Å². The number of hydrogen-bond donors (Lipinski definition) is 1. The van der Waals surface area contributed by atoms with Gasteiger partial charge in [0.1, 0.15) is 0 Å². The summed E-state index contributed by atoms with van der Waals surface area (Å²) in [4.78, 5) is 31.0. The van der Waals surface area contributed by atoms with Gasteiger partial charge < -0.3 is 9.72 Å². The highest BCUT2D eigenvalue weighted by molar-refractivity contribution is 6.16. The number of carbonyl (C=O) groups excluding carboxylic acids is 2. The lowest BCUT2D eigenvalue weighted by Gasteiger charge is -2.02. The van der Waals surface area contributed by atoms with Crippen molar-refractivity contribution in [2.45, 2.75) is 6.42 Å². The van der Waals surface area contributed by atoms with E-state index in [1.807, 2.05) is 24.3 Å². The smallest absolute Gasteiger partial charge is 0.311 e. The molecule has 2 heterocycles. The molecule has 0 bridgehead atoms. The first-order valence-electron chi connectivity index (χ1n) is 6.81. The summed E-state index contributed by atoms with van der Waals surface area (Å²) in [6.07, 6.45) is 3.29. The van der Waals surface area contributed by atoms with Gasteiger partial charge in [-0.1, -0.05) is 18.2 Å². The Labute approximate surface area is 126 Å². The average Bonchev–Trinajstić information content (AvgIpc) is 2.99. The third kappa shape index (κ3) is 2.61. The summed E-state index contributed by atoms with van der Waals surface area (Å²) in [6, 6.07) is 11.0. The molecule has 5 heteroatoms. The normalized spacial score (nSPS) is 10.6. The standard InChI is InChI=1S/C17H14N2O3/c1-22-16(20)8-12-7-6-11(9-18-12)17(21)14-10-19-15-5-3-2-4-13(14)15/h2-7,9-10,19H,8H2,1H3. The number of nitrogens with one attached hydrogen (secondary N) is 1. The van der Waals surface area contributed by atoms with Crippen LogP contribution in [0.25, 0.3) is 10.9 Å². The van der Waals surface area contributed by atoms with Crippen molar-refractivity contribution in [2.75, 3.05) is 7.11 Å². The number of rotatable bonds is 4. The zero-order valence-electron chi connectivity index (χ0n) is 12.0. The van der Waals surface area contributed by atoms with E-state index in [-0.39, 0.29) is 18.2 Å². The molecule has 5 nitrogen and oxygen atoms in total. The van der Waals surface area contributed by atoms with Gasteiger partial charge in [0.15, 0.2) is 5.78 Å². The number of carbonyl (C=O) groups is 2. The summed E-state index contributed by atoms with van der Waals surface area (Å²) in [6.45, 7) is 0. The van der Waals surface area contributed by atoms with Gasteiger partial charge in [-0.05, 0) is 18.2 Å². The number of pyridine rings is 1. The van der Waals surface area contributed by atoms with Crippen LogP contribution in [0.2, 0.25) is 0 Å². The van der Waals surface area contributed by atoms with Gasteiger partial charge >= 0.3 is 5.97 Å². The second-order valence-electron chi connectivity index (χ2n) is 4.87. The summed E-state index contributed by atoms with van der Waals surface area (Å²) in [5, 5.41) is 0.881. The average molecular weight is 294 g/mol. The summed E-state index contributed by atoms with van der Waals surface area (Å²) in [5.74, 6) is -0.460. The van der Waals surface area contributed by atoms with Crippen LogP contribution in [0.1, 0.15) is 21.6 Å². The van der Waals surface area contributed by atoms with Gasteiger partial charge in [0, 0.05) is 34.4 Å². The van der Waals surface area contributed by atoms with Crippen LogP contribution in [0, 0.1) is 0 Å². The van der Waals surface area contributed by atoms with Crippen LogP contribution in [0.5, 0.6) is 0 Å². The van der Waals surface area contributed by atoms with Crippen molar-refractivity contribution in [3.8, 4) is 0 Å². The summed E-state index contributed by atoms with van der Waals surface area (Å²) < 4.78 is 4.59. The number of para-hydroxylation sites is 1. The van der Waals surface area contributed by atoms with Crippen molar-refractivity contribution in [2.24, 2.45) is 0 Å². The number of benzene rings is 1. The van der Waals surface area contributed by atoms with E-state index in [1.54, 1.807) is 18.3 Å². The molecule has 1 aromatic carbocycles. The molecule has 3 aromatic rings.